The number of nitrogens with zero attached hydrogens (tertiary/aromatic N) is 1. The fourth-order valence-corrected chi connectivity index (χ4v) is 3.45. The van der Waals surface area contributed by atoms with Crippen molar-refractivity contribution in [1.29, 1.82) is 0 Å². The van der Waals surface area contributed by atoms with E-state index in [1.165, 1.54) is 0 Å². The van der Waals surface area contributed by atoms with Crippen molar-refractivity contribution in [1.82, 2.24) is 5.32 Å². The summed E-state index contributed by atoms with van der Waals surface area (Å²) in [5.74, 6) is -0.00331. The number of nitrogens with two attached hydrogens (primary N) is 1. The minimum Gasteiger partial charge on any atom is -0.477 e. The molecule has 0 unspecified atom stereocenters. The number of halogens is 1. The number of hydrogen-bond donors (Lipinski definition) is 2. The Hall–Kier alpha value is -2.57. The van der Waals surface area contributed by atoms with Gasteiger partial charge in [0.2, 0.25) is 5.91 Å². The number of hydrogen-bond acceptors (Lipinski definition) is 4. The highest BCUT2D eigenvalue weighted by molar-refractivity contribution is 6.30. The quantitative estimate of drug-likeness (QED) is 0.779. The second-order valence-electron chi connectivity index (χ2n) is 7.14. The van der Waals surface area contributed by atoms with Gasteiger partial charge in [0.15, 0.2) is 6.10 Å². The molecule has 0 aromatic heterocycles. The molecule has 2 aromatic carbocycles. The maximum atomic E-state index is 13.0. The summed E-state index contributed by atoms with van der Waals surface area (Å²) in [7, 11) is 0. The molecule has 28 heavy (non-hydrogen) atoms. The van der Waals surface area contributed by atoms with Crippen LogP contribution in [0, 0.1) is 5.92 Å². The SMILES string of the molecule is CC(C)[C@@H](NCC(=O)N1C[C@@H](C(N)=O)Oc2ccccc21)c1ccc(Cl)cc1. The summed E-state index contributed by atoms with van der Waals surface area (Å²) < 4.78 is 5.62. The molecule has 0 fully saturated rings. The van der Waals surface area contributed by atoms with Gasteiger partial charge in [-0.05, 0) is 35.7 Å². The van der Waals surface area contributed by atoms with Gasteiger partial charge in [0, 0.05) is 11.1 Å². The maximum absolute atomic E-state index is 13.0. The number of benzene rings is 2. The van der Waals surface area contributed by atoms with Crippen LogP contribution in [0.3, 0.4) is 0 Å². The van der Waals surface area contributed by atoms with E-state index in [1.807, 2.05) is 30.3 Å². The first-order valence-electron chi connectivity index (χ1n) is 9.21. The van der Waals surface area contributed by atoms with Crippen LogP contribution in [-0.2, 0) is 9.59 Å². The van der Waals surface area contributed by atoms with E-state index in [0.29, 0.717) is 16.5 Å². The van der Waals surface area contributed by atoms with Crippen LogP contribution >= 0.6 is 11.6 Å². The van der Waals surface area contributed by atoms with Crippen LogP contribution in [0.5, 0.6) is 5.75 Å². The highest BCUT2D eigenvalue weighted by Gasteiger charge is 2.32. The average Bonchev–Trinajstić information content (AvgIpc) is 2.68. The zero-order valence-corrected chi connectivity index (χ0v) is 16.6. The maximum Gasteiger partial charge on any atom is 0.260 e. The van der Waals surface area contributed by atoms with E-state index in [4.69, 9.17) is 22.1 Å². The summed E-state index contributed by atoms with van der Waals surface area (Å²) in [6.07, 6.45) is -0.865. The minimum absolute atomic E-state index is 0.00978. The summed E-state index contributed by atoms with van der Waals surface area (Å²) >= 11 is 5.98. The molecule has 7 heteroatoms. The Morgan fingerprint density at radius 2 is 1.89 bits per heavy atom. The Balaban J connectivity index is 1.75. The second kappa shape index (κ2) is 8.63. The van der Waals surface area contributed by atoms with E-state index in [2.05, 4.69) is 19.2 Å². The third kappa shape index (κ3) is 4.46. The van der Waals surface area contributed by atoms with Crippen LogP contribution in [0.2, 0.25) is 5.02 Å². The van der Waals surface area contributed by atoms with E-state index in [0.717, 1.165) is 5.56 Å². The van der Waals surface area contributed by atoms with Crippen molar-refractivity contribution < 1.29 is 14.3 Å². The number of ether oxygens (including phenoxy) is 1. The monoisotopic (exact) mass is 401 g/mol. The van der Waals surface area contributed by atoms with Gasteiger partial charge in [-0.2, -0.15) is 0 Å². The smallest absolute Gasteiger partial charge is 0.260 e. The van der Waals surface area contributed by atoms with Crippen molar-refractivity contribution in [2.24, 2.45) is 11.7 Å². The van der Waals surface area contributed by atoms with Crippen LogP contribution in [0.4, 0.5) is 5.69 Å². The lowest BCUT2D eigenvalue weighted by Crippen LogP contribution is -2.51. The molecule has 6 nitrogen and oxygen atoms in total. The van der Waals surface area contributed by atoms with Gasteiger partial charge in [0.05, 0.1) is 18.8 Å². The van der Waals surface area contributed by atoms with Crippen molar-refractivity contribution >= 4 is 29.1 Å². The molecule has 0 radical (unpaired) electrons. The van der Waals surface area contributed by atoms with E-state index in [1.54, 1.807) is 23.1 Å². The molecule has 0 aliphatic carbocycles. The molecule has 1 aliphatic rings. The van der Waals surface area contributed by atoms with Crippen LogP contribution in [0.25, 0.3) is 0 Å². The fourth-order valence-electron chi connectivity index (χ4n) is 3.32. The average molecular weight is 402 g/mol. The molecule has 148 valence electrons. The predicted octanol–water partition coefficient (Wildman–Crippen LogP) is 2.91. The van der Waals surface area contributed by atoms with E-state index in [9.17, 15) is 9.59 Å². The molecule has 1 heterocycles. The summed E-state index contributed by atoms with van der Waals surface area (Å²) in [5, 5.41) is 4.01. The number of rotatable bonds is 6. The highest BCUT2D eigenvalue weighted by Crippen LogP contribution is 2.33. The third-order valence-electron chi connectivity index (χ3n) is 4.76. The van der Waals surface area contributed by atoms with Crippen molar-refractivity contribution in [3.8, 4) is 5.75 Å². The number of carbonyl (C=O) groups excluding carboxylic acids is 2. The molecular weight excluding hydrogens is 378 g/mol. The molecular formula is C21H24ClN3O3. The Morgan fingerprint density at radius 3 is 2.54 bits per heavy atom. The first kappa shape index (κ1) is 20.2. The number of nitrogens with one attached hydrogen (secondary N) is 1. The largest absolute Gasteiger partial charge is 0.477 e. The Labute approximate surface area is 169 Å². The molecule has 2 aromatic rings. The van der Waals surface area contributed by atoms with Crippen LogP contribution in [0.15, 0.2) is 48.5 Å². The molecule has 0 spiro atoms. The normalized spacial score (nSPS) is 17.0. The number of anilines is 1. The Bertz CT molecular complexity index is 854. The zero-order chi connectivity index (χ0) is 20.3. The van der Waals surface area contributed by atoms with Crippen LogP contribution in [0.1, 0.15) is 25.5 Å². The van der Waals surface area contributed by atoms with Gasteiger partial charge >= 0.3 is 0 Å². The first-order valence-corrected chi connectivity index (χ1v) is 9.59. The van der Waals surface area contributed by atoms with Gasteiger partial charge in [-0.1, -0.05) is 49.7 Å². The lowest BCUT2D eigenvalue weighted by atomic mass is 9.96. The molecule has 3 rings (SSSR count). The van der Waals surface area contributed by atoms with Crippen molar-refractivity contribution in [3.05, 3.63) is 59.1 Å². The minimum atomic E-state index is -0.865. The first-order chi connectivity index (χ1) is 13.4. The summed E-state index contributed by atoms with van der Waals surface area (Å²) in [4.78, 5) is 26.2. The molecule has 0 saturated carbocycles. The summed E-state index contributed by atoms with van der Waals surface area (Å²) in [6.45, 7) is 4.39. The van der Waals surface area contributed by atoms with E-state index in [-0.39, 0.29) is 31.0 Å². The van der Waals surface area contributed by atoms with Crippen molar-refractivity contribution in [3.63, 3.8) is 0 Å². The van der Waals surface area contributed by atoms with E-state index < -0.39 is 12.0 Å². The summed E-state index contributed by atoms with van der Waals surface area (Å²) in [6, 6.07) is 14.7. The number of primary amides is 1. The molecule has 0 bridgehead atoms. The van der Waals surface area contributed by atoms with Gasteiger partial charge in [0.1, 0.15) is 5.75 Å². The Morgan fingerprint density at radius 1 is 1.21 bits per heavy atom. The van der Waals surface area contributed by atoms with Gasteiger partial charge in [-0.3, -0.25) is 9.59 Å². The topological polar surface area (TPSA) is 84.7 Å². The molecule has 3 N–H and O–H groups in total. The lowest BCUT2D eigenvalue weighted by molar-refractivity contribution is -0.125. The number of carbonyl (C=O) groups is 2. The lowest BCUT2D eigenvalue weighted by Gasteiger charge is -2.34. The van der Waals surface area contributed by atoms with Crippen LogP contribution in [-0.4, -0.2) is 31.0 Å². The summed E-state index contributed by atoms with van der Waals surface area (Å²) in [5.41, 5.74) is 7.11. The fraction of sp³-hybridized carbons (Fsp3) is 0.333. The number of para-hydroxylation sites is 2. The van der Waals surface area contributed by atoms with Crippen LogP contribution < -0.4 is 20.7 Å². The molecule has 2 amide bonds. The highest BCUT2D eigenvalue weighted by atomic mass is 35.5. The van der Waals surface area contributed by atoms with Crippen molar-refractivity contribution in [2.75, 3.05) is 18.0 Å². The van der Waals surface area contributed by atoms with E-state index >= 15 is 0 Å². The standard InChI is InChI=1S/C21H24ClN3O3/c1-13(2)20(14-7-9-15(22)10-8-14)24-11-19(26)25-12-18(21(23)27)28-17-6-4-3-5-16(17)25/h3-10,13,18,20,24H,11-12H2,1-2H3,(H2,23,27)/t18-,20+/m0/s1. The molecule has 0 saturated heterocycles. The molecule has 2 atom stereocenters. The van der Waals surface area contributed by atoms with Gasteiger partial charge in [0.25, 0.3) is 5.91 Å². The number of amides is 2. The molecule has 1 aliphatic heterocycles. The second-order valence-corrected chi connectivity index (χ2v) is 7.57. The van der Waals surface area contributed by atoms with Gasteiger partial charge < -0.3 is 20.7 Å². The predicted molar refractivity (Wildman–Crippen MR) is 109 cm³/mol. The Kier molecular flexibility index (Phi) is 6.21. The third-order valence-corrected chi connectivity index (χ3v) is 5.01. The number of fused-ring (bicyclic) bond motifs is 1. The zero-order valence-electron chi connectivity index (χ0n) is 15.9. The van der Waals surface area contributed by atoms with Gasteiger partial charge in [-0.25, -0.2) is 0 Å². The van der Waals surface area contributed by atoms with Gasteiger partial charge in [-0.15, -0.1) is 0 Å². The van der Waals surface area contributed by atoms with Crippen molar-refractivity contribution in [2.45, 2.75) is 26.0 Å².